The summed E-state index contributed by atoms with van der Waals surface area (Å²) in [4.78, 5) is 4.23. The van der Waals surface area contributed by atoms with Gasteiger partial charge in [0, 0.05) is 12.7 Å². The first-order valence-electron chi connectivity index (χ1n) is 5.97. The monoisotopic (exact) mass is 276 g/mol. The molecule has 3 rings (SSSR count). The molecule has 0 spiro atoms. The van der Waals surface area contributed by atoms with Gasteiger partial charge in [-0.3, -0.25) is 4.98 Å². The van der Waals surface area contributed by atoms with Crippen LogP contribution >= 0.6 is 11.6 Å². The summed E-state index contributed by atoms with van der Waals surface area (Å²) in [5.41, 5.74) is 3.02. The fourth-order valence-electron chi connectivity index (χ4n) is 1.99. The summed E-state index contributed by atoms with van der Waals surface area (Å²) in [5, 5.41) is 3.91. The lowest BCUT2D eigenvalue weighted by Gasteiger charge is -2.09. The number of pyridine rings is 1. The Labute approximate surface area is 116 Å². The molecular weight excluding hydrogens is 264 g/mol. The smallest absolute Gasteiger partial charge is 0.231 e. The molecule has 98 valence electrons. The van der Waals surface area contributed by atoms with E-state index in [0.717, 1.165) is 16.9 Å². The van der Waals surface area contributed by atoms with E-state index in [1.807, 2.05) is 31.2 Å². The summed E-state index contributed by atoms with van der Waals surface area (Å²) in [6.45, 7) is 2.85. The van der Waals surface area contributed by atoms with Crippen molar-refractivity contribution in [2.75, 3.05) is 12.1 Å². The van der Waals surface area contributed by atoms with Crippen LogP contribution in [0.1, 0.15) is 11.3 Å². The average Bonchev–Trinajstić information content (AvgIpc) is 2.87. The third kappa shape index (κ3) is 2.44. The molecule has 0 saturated carbocycles. The van der Waals surface area contributed by atoms with Crippen molar-refractivity contribution in [3.63, 3.8) is 0 Å². The fourth-order valence-corrected chi connectivity index (χ4v) is 2.28. The molecular formula is C14H13ClN2O2. The Bertz CT molecular complexity index is 616. The molecule has 5 heteroatoms. The van der Waals surface area contributed by atoms with Gasteiger partial charge in [-0.25, -0.2) is 0 Å². The maximum atomic E-state index is 6.14. The number of hydrogen-bond donors (Lipinski definition) is 1. The summed E-state index contributed by atoms with van der Waals surface area (Å²) in [7, 11) is 0. The van der Waals surface area contributed by atoms with Crippen molar-refractivity contribution >= 4 is 17.3 Å². The van der Waals surface area contributed by atoms with Gasteiger partial charge in [-0.15, -0.1) is 0 Å². The lowest BCUT2D eigenvalue weighted by atomic mass is 10.2. The highest BCUT2D eigenvalue weighted by molar-refractivity contribution is 6.32. The summed E-state index contributed by atoms with van der Waals surface area (Å²) < 4.78 is 10.6. The van der Waals surface area contributed by atoms with E-state index >= 15 is 0 Å². The number of aryl methyl sites for hydroxylation is 1. The van der Waals surface area contributed by atoms with Gasteiger partial charge in [0.15, 0.2) is 11.5 Å². The molecule has 1 aromatic carbocycles. The van der Waals surface area contributed by atoms with Crippen molar-refractivity contribution in [3.8, 4) is 11.5 Å². The van der Waals surface area contributed by atoms with Crippen molar-refractivity contribution in [3.05, 3.63) is 46.7 Å². The number of rotatable bonds is 3. The Morgan fingerprint density at radius 3 is 3.11 bits per heavy atom. The third-order valence-corrected chi connectivity index (χ3v) is 3.26. The Morgan fingerprint density at radius 1 is 1.37 bits per heavy atom. The van der Waals surface area contributed by atoms with Gasteiger partial charge in [-0.1, -0.05) is 11.6 Å². The SMILES string of the molecule is Cc1ncccc1NCc1cc(Cl)c2c(c1)OCO2. The highest BCUT2D eigenvalue weighted by Crippen LogP contribution is 2.39. The summed E-state index contributed by atoms with van der Waals surface area (Å²) in [5.74, 6) is 1.33. The number of halogens is 1. The van der Waals surface area contributed by atoms with Crippen molar-refractivity contribution in [1.82, 2.24) is 4.98 Å². The second-order valence-corrected chi connectivity index (χ2v) is 4.71. The van der Waals surface area contributed by atoms with Gasteiger partial charge in [0.05, 0.1) is 16.4 Å². The van der Waals surface area contributed by atoms with Gasteiger partial charge in [0.1, 0.15) is 0 Å². The van der Waals surface area contributed by atoms with Crippen LogP contribution in [0, 0.1) is 6.92 Å². The largest absolute Gasteiger partial charge is 0.454 e. The number of nitrogens with zero attached hydrogens (tertiary/aromatic N) is 1. The fraction of sp³-hybridized carbons (Fsp3) is 0.214. The second kappa shape index (κ2) is 4.97. The van der Waals surface area contributed by atoms with E-state index in [2.05, 4.69) is 10.3 Å². The molecule has 2 aromatic rings. The van der Waals surface area contributed by atoms with E-state index in [1.165, 1.54) is 0 Å². The van der Waals surface area contributed by atoms with Crippen LogP contribution in [0.2, 0.25) is 5.02 Å². The molecule has 0 unspecified atom stereocenters. The number of fused-ring (bicyclic) bond motifs is 1. The van der Waals surface area contributed by atoms with Gasteiger partial charge in [0.25, 0.3) is 0 Å². The van der Waals surface area contributed by atoms with Crippen LogP contribution in [0.3, 0.4) is 0 Å². The number of anilines is 1. The van der Waals surface area contributed by atoms with Crippen molar-refractivity contribution in [1.29, 1.82) is 0 Å². The van der Waals surface area contributed by atoms with Gasteiger partial charge >= 0.3 is 0 Å². The number of benzene rings is 1. The van der Waals surface area contributed by atoms with Crippen LogP contribution in [0.25, 0.3) is 0 Å². The van der Waals surface area contributed by atoms with Crippen LogP contribution < -0.4 is 14.8 Å². The van der Waals surface area contributed by atoms with Gasteiger partial charge in [-0.2, -0.15) is 0 Å². The maximum Gasteiger partial charge on any atom is 0.231 e. The third-order valence-electron chi connectivity index (χ3n) is 2.98. The van der Waals surface area contributed by atoms with Crippen LogP contribution in [0.4, 0.5) is 5.69 Å². The van der Waals surface area contributed by atoms with Crippen LogP contribution in [-0.2, 0) is 6.54 Å². The first-order chi connectivity index (χ1) is 9.24. The Morgan fingerprint density at radius 2 is 2.26 bits per heavy atom. The molecule has 19 heavy (non-hydrogen) atoms. The number of aromatic nitrogens is 1. The summed E-state index contributed by atoms with van der Waals surface area (Å²) >= 11 is 6.14. The lowest BCUT2D eigenvalue weighted by Crippen LogP contribution is -2.01. The minimum absolute atomic E-state index is 0.230. The molecule has 1 aromatic heterocycles. The van der Waals surface area contributed by atoms with Gasteiger partial charge in [0.2, 0.25) is 6.79 Å². The van der Waals surface area contributed by atoms with Crippen molar-refractivity contribution in [2.45, 2.75) is 13.5 Å². The zero-order chi connectivity index (χ0) is 13.2. The molecule has 1 N–H and O–H groups in total. The average molecular weight is 277 g/mol. The Kier molecular flexibility index (Phi) is 3.17. The second-order valence-electron chi connectivity index (χ2n) is 4.30. The number of ether oxygens (including phenoxy) is 2. The van der Waals surface area contributed by atoms with Gasteiger partial charge < -0.3 is 14.8 Å². The topological polar surface area (TPSA) is 43.4 Å². The molecule has 1 aliphatic heterocycles. The molecule has 0 radical (unpaired) electrons. The molecule has 2 heterocycles. The molecule has 0 atom stereocenters. The van der Waals surface area contributed by atoms with E-state index in [4.69, 9.17) is 21.1 Å². The van der Waals surface area contributed by atoms with E-state index < -0.39 is 0 Å². The highest BCUT2D eigenvalue weighted by Gasteiger charge is 2.18. The normalized spacial score (nSPS) is 12.5. The van der Waals surface area contributed by atoms with Crippen LogP contribution in [0.5, 0.6) is 11.5 Å². The molecule has 0 saturated heterocycles. The first kappa shape index (κ1) is 12.1. The van der Waals surface area contributed by atoms with Gasteiger partial charge in [-0.05, 0) is 36.8 Å². The predicted octanol–water partition coefficient (Wildman–Crippen LogP) is 3.38. The highest BCUT2D eigenvalue weighted by atomic mass is 35.5. The van der Waals surface area contributed by atoms with Crippen molar-refractivity contribution < 1.29 is 9.47 Å². The van der Waals surface area contributed by atoms with E-state index in [0.29, 0.717) is 23.1 Å². The Hall–Kier alpha value is -1.94. The molecule has 0 fully saturated rings. The molecule has 1 aliphatic rings. The van der Waals surface area contributed by atoms with Crippen LogP contribution in [-0.4, -0.2) is 11.8 Å². The summed E-state index contributed by atoms with van der Waals surface area (Å²) in [6, 6.07) is 7.72. The van der Waals surface area contributed by atoms with E-state index in [-0.39, 0.29) is 6.79 Å². The summed E-state index contributed by atoms with van der Waals surface area (Å²) in [6.07, 6.45) is 1.78. The van der Waals surface area contributed by atoms with Crippen molar-refractivity contribution in [2.24, 2.45) is 0 Å². The standard InChI is InChI=1S/C14H13ClN2O2/c1-9-12(3-2-4-16-9)17-7-10-5-11(15)14-13(6-10)18-8-19-14/h2-6,17H,7-8H2,1H3. The lowest BCUT2D eigenvalue weighted by molar-refractivity contribution is 0.174. The minimum atomic E-state index is 0.230. The molecule has 0 aliphatic carbocycles. The molecule has 0 amide bonds. The zero-order valence-electron chi connectivity index (χ0n) is 10.4. The Balaban J connectivity index is 1.78. The first-order valence-corrected chi connectivity index (χ1v) is 6.35. The maximum absolute atomic E-state index is 6.14. The number of hydrogen-bond acceptors (Lipinski definition) is 4. The van der Waals surface area contributed by atoms with E-state index in [9.17, 15) is 0 Å². The molecule has 0 bridgehead atoms. The quantitative estimate of drug-likeness (QED) is 0.933. The van der Waals surface area contributed by atoms with Crippen LogP contribution in [0.15, 0.2) is 30.5 Å². The molecule has 4 nitrogen and oxygen atoms in total. The predicted molar refractivity (Wildman–Crippen MR) is 73.9 cm³/mol. The number of nitrogens with one attached hydrogen (secondary N) is 1. The minimum Gasteiger partial charge on any atom is -0.454 e. The zero-order valence-corrected chi connectivity index (χ0v) is 11.2. The van der Waals surface area contributed by atoms with E-state index in [1.54, 1.807) is 6.20 Å².